The lowest BCUT2D eigenvalue weighted by Gasteiger charge is -2.29. The summed E-state index contributed by atoms with van der Waals surface area (Å²) in [7, 11) is 1.95. The Bertz CT molecular complexity index is 198. The lowest BCUT2D eigenvalue weighted by atomic mass is 10.2. The van der Waals surface area contributed by atoms with Crippen molar-refractivity contribution in [2.45, 2.75) is 40.7 Å². The Morgan fingerprint density at radius 3 is 2.08 bits per heavy atom. The third-order valence-electron chi connectivity index (χ3n) is 1.85. The van der Waals surface area contributed by atoms with Gasteiger partial charge in [0.05, 0.1) is 5.70 Å². The van der Waals surface area contributed by atoms with Crippen LogP contribution in [-0.4, -0.2) is 18.1 Å². The monoisotopic (exact) mass is 182 g/mol. The molecule has 0 saturated carbocycles. The van der Waals surface area contributed by atoms with Gasteiger partial charge in [0.1, 0.15) is 0 Å². The SMILES string of the molecule is C/C=C\C(=C(C)C)N(NC)C(C)C. The number of hydrogen-bond donors (Lipinski definition) is 1. The minimum absolute atomic E-state index is 0.464. The van der Waals surface area contributed by atoms with Crippen LogP contribution in [0.3, 0.4) is 0 Å². The smallest absolute Gasteiger partial charge is 0.0505 e. The zero-order valence-electron chi connectivity index (χ0n) is 9.68. The molecule has 0 aromatic carbocycles. The third kappa shape index (κ3) is 3.64. The van der Waals surface area contributed by atoms with Crippen LogP contribution in [0.2, 0.25) is 0 Å². The summed E-state index contributed by atoms with van der Waals surface area (Å²) in [4.78, 5) is 0. The summed E-state index contributed by atoms with van der Waals surface area (Å²) in [5, 5.41) is 2.16. The Morgan fingerprint density at radius 2 is 1.85 bits per heavy atom. The van der Waals surface area contributed by atoms with Gasteiger partial charge >= 0.3 is 0 Å². The molecule has 0 aromatic rings. The topological polar surface area (TPSA) is 15.3 Å². The standard InChI is InChI=1S/C11H22N2/c1-7-8-11(9(2)3)13(12-6)10(4)5/h7-8,10,12H,1-6H3/b8-7-. The van der Waals surface area contributed by atoms with Crippen molar-refractivity contribution in [3.05, 3.63) is 23.4 Å². The molecule has 0 unspecified atom stereocenters. The van der Waals surface area contributed by atoms with E-state index < -0.39 is 0 Å². The van der Waals surface area contributed by atoms with Crippen LogP contribution < -0.4 is 5.43 Å². The molecule has 76 valence electrons. The van der Waals surface area contributed by atoms with Crippen LogP contribution in [0.4, 0.5) is 0 Å². The molecule has 0 aromatic heterocycles. The van der Waals surface area contributed by atoms with E-state index in [0.29, 0.717) is 6.04 Å². The van der Waals surface area contributed by atoms with Crippen molar-refractivity contribution in [1.82, 2.24) is 10.4 Å². The Hall–Kier alpha value is -0.760. The van der Waals surface area contributed by atoms with Gasteiger partial charge in [-0.2, -0.15) is 0 Å². The zero-order chi connectivity index (χ0) is 10.4. The highest BCUT2D eigenvalue weighted by Gasteiger charge is 2.09. The van der Waals surface area contributed by atoms with Gasteiger partial charge in [0.15, 0.2) is 0 Å². The molecule has 0 amide bonds. The summed E-state index contributed by atoms with van der Waals surface area (Å²) in [5.41, 5.74) is 5.76. The first-order valence-corrected chi connectivity index (χ1v) is 4.81. The second-order valence-corrected chi connectivity index (χ2v) is 3.57. The summed E-state index contributed by atoms with van der Waals surface area (Å²) in [5.74, 6) is 0. The van der Waals surface area contributed by atoms with Crippen LogP contribution >= 0.6 is 0 Å². The van der Waals surface area contributed by atoms with Crippen molar-refractivity contribution in [3.63, 3.8) is 0 Å². The van der Waals surface area contributed by atoms with Gasteiger partial charge < -0.3 is 5.01 Å². The average molecular weight is 182 g/mol. The van der Waals surface area contributed by atoms with E-state index in [1.165, 1.54) is 11.3 Å². The molecule has 2 nitrogen and oxygen atoms in total. The molecule has 0 fully saturated rings. The molecule has 2 heteroatoms. The van der Waals surface area contributed by atoms with Crippen LogP contribution in [0.1, 0.15) is 34.6 Å². The molecule has 1 N–H and O–H groups in total. The maximum absolute atomic E-state index is 3.19. The van der Waals surface area contributed by atoms with E-state index in [9.17, 15) is 0 Å². The lowest BCUT2D eigenvalue weighted by molar-refractivity contribution is 0.223. The number of rotatable bonds is 4. The summed E-state index contributed by atoms with van der Waals surface area (Å²) >= 11 is 0. The number of allylic oxidation sites excluding steroid dienone is 3. The highest BCUT2D eigenvalue weighted by molar-refractivity contribution is 5.21. The van der Waals surface area contributed by atoms with Gasteiger partial charge in [-0.3, -0.25) is 0 Å². The van der Waals surface area contributed by atoms with E-state index >= 15 is 0 Å². The quantitative estimate of drug-likeness (QED) is 0.531. The molecule has 0 rings (SSSR count). The molecular weight excluding hydrogens is 160 g/mol. The molecule has 0 bridgehead atoms. The molecule has 0 saturated heterocycles. The Balaban J connectivity index is 4.82. The van der Waals surface area contributed by atoms with Crippen LogP contribution in [0.5, 0.6) is 0 Å². The first-order chi connectivity index (χ1) is 6.04. The van der Waals surface area contributed by atoms with Crippen molar-refractivity contribution < 1.29 is 0 Å². The molecule has 0 aliphatic heterocycles. The molecular formula is C11H22N2. The van der Waals surface area contributed by atoms with Crippen LogP contribution in [0.25, 0.3) is 0 Å². The van der Waals surface area contributed by atoms with Crippen LogP contribution in [0, 0.1) is 0 Å². The number of nitrogens with one attached hydrogen (secondary N) is 1. The van der Waals surface area contributed by atoms with E-state index in [2.05, 4.69) is 50.3 Å². The van der Waals surface area contributed by atoms with Gasteiger partial charge in [-0.1, -0.05) is 11.6 Å². The van der Waals surface area contributed by atoms with Crippen molar-refractivity contribution in [1.29, 1.82) is 0 Å². The van der Waals surface area contributed by atoms with E-state index in [1.807, 2.05) is 14.0 Å². The van der Waals surface area contributed by atoms with Crippen molar-refractivity contribution in [3.8, 4) is 0 Å². The highest BCUT2D eigenvalue weighted by atomic mass is 15.5. The Labute approximate surface area is 82.3 Å². The van der Waals surface area contributed by atoms with Crippen molar-refractivity contribution in [2.24, 2.45) is 0 Å². The van der Waals surface area contributed by atoms with Gasteiger partial charge in [0.25, 0.3) is 0 Å². The molecule has 13 heavy (non-hydrogen) atoms. The third-order valence-corrected chi connectivity index (χ3v) is 1.85. The van der Waals surface area contributed by atoms with Gasteiger partial charge in [-0.05, 0) is 40.7 Å². The van der Waals surface area contributed by atoms with Gasteiger partial charge in [-0.25, -0.2) is 5.43 Å². The molecule has 0 aliphatic rings. The highest BCUT2D eigenvalue weighted by Crippen LogP contribution is 2.12. The van der Waals surface area contributed by atoms with Gasteiger partial charge in [-0.15, -0.1) is 0 Å². The fraction of sp³-hybridized carbons (Fsp3) is 0.636. The minimum atomic E-state index is 0.464. The Kier molecular flexibility index (Phi) is 5.47. The first-order valence-electron chi connectivity index (χ1n) is 4.81. The van der Waals surface area contributed by atoms with Crippen molar-refractivity contribution in [2.75, 3.05) is 7.05 Å². The number of hydrogen-bond acceptors (Lipinski definition) is 2. The molecule has 0 radical (unpaired) electrons. The van der Waals surface area contributed by atoms with Gasteiger partial charge in [0, 0.05) is 13.1 Å². The summed E-state index contributed by atoms with van der Waals surface area (Å²) in [6.45, 7) is 10.6. The normalized spacial score (nSPS) is 11.0. The van der Waals surface area contributed by atoms with Crippen LogP contribution in [0.15, 0.2) is 23.4 Å². The van der Waals surface area contributed by atoms with E-state index in [1.54, 1.807) is 0 Å². The predicted octanol–water partition coefficient (Wildman–Crippen LogP) is 2.70. The zero-order valence-corrected chi connectivity index (χ0v) is 9.68. The Morgan fingerprint density at radius 1 is 1.31 bits per heavy atom. The second-order valence-electron chi connectivity index (χ2n) is 3.57. The van der Waals surface area contributed by atoms with Crippen molar-refractivity contribution >= 4 is 0 Å². The molecule has 0 spiro atoms. The summed E-state index contributed by atoms with van der Waals surface area (Å²) < 4.78 is 0. The average Bonchev–Trinajstić information content (AvgIpc) is 2.03. The van der Waals surface area contributed by atoms with E-state index in [0.717, 1.165) is 0 Å². The van der Waals surface area contributed by atoms with Crippen LogP contribution in [-0.2, 0) is 0 Å². The molecule has 0 atom stereocenters. The lowest BCUT2D eigenvalue weighted by Crippen LogP contribution is -2.39. The second kappa shape index (κ2) is 5.81. The number of hydrazine groups is 1. The summed E-state index contributed by atoms with van der Waals surface area (Å²) in [6, 6.07) is 0.464. The predicted molar refractivity (Wildman–Crippen MR) is 59.2 cm³/mol. The largest absolute Gasteiger partial charge is 0.306 e. The number of nitrogens with zero attached hydrogens (tertiary/aromatic N) is 1. The maximum Gasteiger partial charge on any atom is 0.0505 e. The van der Waals surface area contributed by atoms with Gasteiger partial charge in [0.2, 0.25) is 0 Å². The summed E-state index contributed by atoms with van der Waals surface area (Å²) in [6.07, 6.45) is 4.20. The first kappa shape index (κ1) is 12.2. The molecule has 0 aliphatic carbocycles. The van der Waals surface area contributed by atoms with E-state index in [-0.39, 0.29) is 0 Å². The maximum atomic E-state index is 3.19. The minimum Gasteiger partial charge on any atom is -0.306 e. The fourth-order valence-corrected chi connectivity index (χ4v) is 1.30. The molecule has 0 heterocycles. The fourth-order valence-electron chi connectivity index (χ4n) is 1.30. The van der Waals surface area contributed by atoms with E-state index in [4.69, 9.17) is 0 Å².